The molecular weight excluding hydrogens is 694 g/mol. The molecule has 0 aromatic heterocycles. The third-order valence-electron chi connectivity index (χ3n) is 13.0. The minimum atomic E-state index is -2.04. The maximum absolute atomic E-state index is 15.3. The van der Waals surface area contributed by atoms with Crippen molar-refractivity contribution in [2.75, 3.05) is 6.61 Å². The average molecular weight is 746 g/mol. The fraction of sp³-hybridized carbons (Fsp3) is 0.548. The van der Waals surface area contributed by atoms with E-state index in [2.05, 4.69) is 0 Å². The number of hydrogen-bond donors (Lipinski definition) is 2. The van der Waals surface area contributed by atoms with E-state index in [0.717, 1.165) is 6.92 Å². The lowest BCUT2D eigenvalue weighted by atomic mass is 9.42. The van der Waals surface area contributed by atoms with E-state index in [-0.39, 0.29) is 30.3 Å². The third kappa shape index (κ3) is 6.06. The number of carbonyl (C=O) groups is 5. The Morgan fingerprint density at radius 3 is 2.09 bits per heavy atom. The molecule has 54 heavy (non-hydrogen) atoms. The van der Waals surface area contributed by atoms with Crippen LogP contribution >= 0.6 is 0 Å². The van der Waals surface area contributed by atoms with Crippen LogP contribution < -0.4 is 5.73 Å². The van der Waals surface area contributed by atoms with Crippen LogP contribution in [0.1, 0.15) is 90.2 Å². The Morgan fingerprint density at radius 2 is 1.54 bits per heavy atom. The number of nitrogens with two attached hydrogens (primary N) is 1. The van der Waals surface area contributed by atoms with E-state index >= 15 is 4.79 Å². The van der Waals surface area contributed by atoms with Gasteiger partial charge in [0, 0.05) is 37.0 Å². The maximum atomic E-state index is 15.3. The zero-order valence-corrected chi connectivity index (χ0v) is 32.1. The third-order valence-corrected chi connectivity index (χ3v) is 13.0. The molecule has 2 saturated carbocycles. The molecule has 0 radical (unpaired) electrons. The Morgan fingerprint density at radius 1 is 0.926 bits per heavy atom. The van der Waals surface area contributed by atoms with Crippen LogP contribution in [0.4, 0.5) is 0 Å². The molecule has 1 aliphatic heterocycles. The Balaban J connectivity index is 1.54. The van der Waals surface area contributed by atoms with E-state index in [1.54, 1.807) is 88.4 Å². The first kappa shape index (κ1) is 39.3. The molecular formula is C42H51NO11. The molecule has 6 rings (SSSR count). The molecule has 2 aromatic rings. The summed E-state index contributed by atoms with van der Waals surface area (Å²) in [5, 5.41) is 13.6. The minimum Gasteiger partial charge on any atom is -0.455 e. The van der Waals surface area contributed by atoms with Gasteiger partial charge in [0.2, 0.25) is 6.10 Å². The van der Waals surface area contributed by atoms with Crippen molar-refractivity contribution in [3.8, 4) is 0 Å². The second-order valence-electron chi connectivity index (χ2n) is 16.3. The first-order valence-electron chi connectivity index (χ1n) is 18.5. The van der Waals surface area contributed by atoms with Gasteiger partial charge in [-0.3, -0.25) is 14.4 Å². The highest BCUT2D eigenvalue weighted by Gasteiger charge is 2.77. The lowest BCUT2D eigenvalue weighted by Crippen LogP contribution is -2.80. The summed E-state index contributed by atoms with van der Waals surface area (Å²) < 4.78 is 30.3. The van der Waals surface area contributed by atoms with E-state index in [4.69, 9.17) is 29.4 Å². The monoisotopic (exact) mass is 745 g/mol. The van der Waals surface area contributed by atoms with Crippen LogP contribution in [0.15, 0.2) is 71.8 Å². The predicted molar refractivity (Wildman–Crippen MR) is 194 cm³/mol. The van der Waals surface area contributed by atoms with Crippen molar-refractivity contribution in [2.45, 2.75) is 110 Å². The molecule has 12 nitrogen and oxygen atoms in total. The Kier molecular flexibility index (Phi) is 10.2. The van der Waals surface area contributed by atoms with Crippen LogP contribution in [-0.4, -0.2) is 77.0 Å². The van der Waals surface area contributed by atoms with Crippen molar-refractivity contribution in [2.24, 2.45) is 34.3 Å². The van der Waals surface area contributed by atoms with Gasteiger partial charge in [-0.2, -0.15) is 0 Å². The first-order chi connectivity index (χ1) is 25.3. The summed E-state index contributed by atoms with van der Waals surface area (Å²) in [5.41, 5.74) is 2.25. The second-order valence-corrected chi connectivity index (χ2v) is 16.3. The van der Waals surface area contributed by atoms with Gasteiger partial charge in [0.1, 0.15) is 29.7 Å². The molecule has 0 spiro atoms. The van der Waals surface area contributed by atoms with Gasteiger partial charge in [0.25, 0.3) is 0 Å². The molecule has 11 atom stereocenters. The van der Waals surface area contributed by atoms with Gasteiger partial charge < -0.3 is 34.5 Å². The number of hydrogen-bond acceptors (Lipinski definition) is 12. The molecule has 290 valence electrons. The number of fused-ring (bicyclic) bond motifs is 5. The van der Waals surface area contributed by atoms with Crippen molar-refractivity contribution < 1.29 is 52.8 Å². The van der Waals surface area contributed by atoms with E-state index in [1.165, 1.54) is 6.92 Å². The predicted octanol–water partition coefficient (Wildman–Crippen LogP) is 4.81. The molecule has 1 heterocycles. The topological polar surface area (TPSA) is 178 Å². The summed E-state index contributed by atoms with van der Waals surface area (Å²) in [4.78, 5) is 68.8. The van der Waals surface area contributed by atoms with Gasteiger partial charge in [-0.25, -0.2) is 9.59 Å². The number of ether oxygens (including phenoxy) is 5. The number of esters is 4. The highest BCUT2D eigenvalue weighted by molar-refractivity contribution is 5.92. The Bertz CT molecular complexity index is 1860. The first-order valence-corrected chi connectivity index (χ1v) is 18.5. The van der Waals surface area contributed by atoms with Crippen molar-refractivity contribution in [1.29, 1.82) is 0 Å². The zero-order valence-electron chi connectivity index (χ0n) is 32.1. The number of Topliss-reactive ketones (excluding diaryl/α,β-unsaturated/α-hetero) is 1. The van der Waals surface area contributed by atoms with E-state index < -0.39 is 88.2 Å². The summed E-state index contributed by atoms with van der Waals surface area (Å²) in [5.74, 6) is -5.53. The van der Waals surface area contributed by atoms with Crippen molar-refractivity contribution in [1.82, 2.24) is 0 Å². The lowest BCUT2D eigenvalue weighted by molar-refractivity contribution is -0.339. The Labute approximate surface area is 315 Å². The van der Waals surface area contributed by atoms with Crippen LogP contribution in [-0.2, 0) is 42.9 Å². The number of ketones is 1. The van der Waals surface area contributed by atoms with Crippen LogP contribution in [0.25, 0.3) is 0 Å². The summed E-state index contributed by atoms with van der Waals surface area (Å²) in [6.45, 7) is 13.2. The molecule has 2 bridgehead atoms. The second kappa shape index (κ2) is 14.0. The Hall–Kier alpha value is -4.39. The number of carbonyl (C=O) groups excluding carboxylic acids is 5. The standard InChI is InChI=1S/C42H51NO11/c1-22-19-30-41(21-50-30,54-26(5)45)34-36(53-37(47)28-17-13-10-14-18-28)42(49)20-29(23(2)31(39(42,6)7)24(3)35(46)40(22,34)8)52-38(48)33(51-25(4)44)32(43)27-15-11-9-12-16-27/h9-18,22,24,29-30,32-34,36,49H,19-21,43H2,1-8H3/t22-,24+,29-,30+,32-,33+,34-,36-,40+,41-,42+/m0/s1. The van der Waals surface area contributed by atoms with Gasteiger partial charge in [0.15, 0.2) is 5.60 Å². The molecule has 3 fully saturated rings. The van der Waals surface area contributed by atoms with E-state index in [1.807, 2.05) is 13.8 Å². The summed E-state index contributed by atoms with van der Waals surface area (Å²) in [6.07, 6.45) is -4.76. The summed E-state index contributed by atoms with van der Waals surface area (Å²) >= 11 is 0. The highest BCUT2D eigenvalue weighted by Crippen LogP contribution is 2.66. The molecule has 3 N–H and O–H groups in total. The van der Waals surface area contributed by atoms with Crippen molar-refractivity contribution in [3.63, 3.8) is 0 Å². The van der Waals surface area contributed by atoms with Crippen molar-refractivity contribution >= 4 is 29.7 Å². The fourth-order valence-electron chi connectivity index (χ4n) is 10.1. The highest BCUT2D eigenvalue weighted by atomic mass is 16.6. The number of rotatable bonds is 8. The molecule has 0 unspecified atom stereocenters. The molecule has 0 amide bonds. The average Bonchev–Trinajstić information content (AvgIpc) is 3.12. The lowest BCUT2D eigenvalue weighted by Gasteiger charge is -2.68. The van der Waals surface area contributed by atoms with Gasteiger partial charge >= 0.3 is 23.9 Å². The summed E-state index contributed by atoms with van der Waals surface area (Å²) in [7, 11) is 0. The van der Waals surface area contributed by atoms with Gasteiger partial charge in [0.05, 0.1) is 24.1 Å². The van der Waals surface area contributed by atoms with Crippen LogP contribution in [0.2, 0.25) is 0 Å². The van der Waals surface area contributed by atoms with Gasteiger partial charge in [-0.1, -0.05) is 83.1 Å². The molecule has 3 aliphatic carbocycles. The fourth-order valence-corrected chi connectivity index (χ4v) is 10.1. The number of benzene rings is 2. The smallest absolute Gasteiger partial charge is 0.350 e. The SMILES string of the molecule is CC(=O)O[C@@H](C(=O)O[C@H]1C[C@@]2(O)[C@@H](OC(=O)c3ccccc3)[C@@H]3[C@]4(OC(C)=O)CO[C@@H]4C[C@H](C)[C@@]3(C)C(=O)[C@H](C)C(=C1C)C2(C)C)[C@@H](N)c1ccccc1. The largest absolute Gasteiger partial charge is 0.455 e. The minimum absolute atomic E-state index is 0.0800. The molecule has 4 aliphatic rings. The van der Waals surface area contributed by atoms with Gasteiger partial charge in [-0.05, 0) is 48.1 Å². The molecule has 1 saturated heterocycles. The zero-order chi connectivity index (χ0) is 39.5. The summed E-state index contributed by atoms with van der Waals surface area (Å²) in [6, 6.07) is 15.8. The van der Waals surface area contributed by atoms with E-state index in [0.29, 0.717) is 23.1 Å². The van der Waals surface area contributed by atoms with Crippen LogP contribution in [0.3, 0.4) is 0 Å². The van der Waals surface area contributed by atoms with Gasteiger partial charge in [-0.15, -0.1) is 0 Å². The molecule has 12 heteroatoms. The number of aliphatic hydroxyl groups is 1. The normalized spacial score (nSPS) is 35.0. The maximum Gasteiger partial charge on any atom is 0.350 e. The van der Waals surface area contributed by atoms with Crippen LogP contribution in [0, 0.1) is 28.6 Å². The van der Waals surface area contributed by atoms with E-state index in [9.17, 15) is 24.3 Å². The van der Waals surface area contributed by atoms with Crippen molar-refractivity contribution in [3.05, 3.63) is 82.9 Å². The molecule has 2 aromatic carbocycles. The quantitative estimate of drug-likeness (QED) is 0.214. The van der Waals surface area contributed by atoms with Crippen LogP contribution in [0.5, 0.6) is 0 Å².